The molecule has 2 aromatic carbocycles. The molecular weight excluding hydrogens is 368 g/mol. The first-order chi connectivity index (χ1) is 12.5. The lowest BCUT2D eigenvalue weighted by molar-refractivity contribution is -0.120. The summed E-state index contributed by atoms with van der Waals surface area (Å²) < 4.78 is 5.89. The molecule has 7 heteroatoms. The molecule has 0 saturated carbocycles. The summed E-state index contributed by atoms with van der Waals surface area (Å²) in [5, 5.41) is 0. The van der Waals surface area contributed by atoms with Crippen LogP contribution in [0.15, 0.2) is 53.4 Å². The van der Waals surface area contributed by atoms with Gasteiger partial charge in [0.15, 0.2) is 10.9 Å². The zero-order valence-corrected chi connectivity index (χ0v) is 15.6. The Bertz CT molecular complexity index is 925. The first-order valence-corrected chi connectivity index (χ1v) is 9.03. The van der Waals surface area contributed by atoms with Crippen LogP contribution in [0, 0.1) is 6.92 Å². The van der Waals surface area contributed by atoms with E-state index in [0.717, 1.165) is 11.3 Å². The number of aryl methyl sites for hydroxylation is 1. The molecule has 0 spiro atoms. The summed E-state index contributed by atoms with van der Waals surface area (Å²) in [7, 11) is 0. The highest BCUT2D eigenvalue weighted by molar-refractivity contribution is 8.27. The number of ether oxygens (including phenoxy) is 1. The molecular formula is C19H16N2O3S2. The summed E-state index contributed by atoms with van der Waals surface area (Å²) in [5.74, 6) is -0.267. The van der Waals surface area contributed by atoms with Crippen LogP contribution in [0.3, 0.4) is 0 Å². The third kappa shape index (κ3) is 3.79. The van der Waals surface area contributed by atoms with Crippen molar-refractivity contribution in [3.63, 3.8) is 0 Å². The van der Waals surface area contributed by atoms with Gasteiger partial charge in [0, 0.05) is 5.56 Å². The highest BCUT2D eigenvalue weighted by Gasteiger charge is 2.34. The van der Waals surface area contributed by atoms with Gasteiger partial charge in [0.25, 0.3) is 11.8 Å². The number of hydrogen-bond acceptors (Lipinski definition) is 5. The number of carbonyl (C=O) groups excluding carboxylic acids is 2. The number of thiocarbonyl (C=S) groups is 1. The Kier molecular flexibility index (Phi) is 5.39. The molecule has 1 aliphatic heterocycles. The Morgan fingerprint density at radius 2 is 1.92 bits per heavy atom. The van der Waals surface area contributed by atoms with Crippen LogP contribution in [-0.2, 0) is 9.59 Å². The lowest BCUT2D eigenvalue weighted by Crippen LogP contribution is -2.28. The van der Waals surface area contributed by atoms with E-state index < -0.39 is 5.91 Å². The Labute approximate surface area is 160 Å². The monoisotopic (exact) mass is 384 g/mol. The van der Waals surface area contributed by atoms with Gasteiger partial charge in [0.2, 0.25) is 0 Å². The van der Waals surface area contributed by atoms with Crippen LogP contribution in [0.5, 0.6) is 5.75 Å². The van der Waals surface area contributed by atoms with Gasteiger partial charge in [-0.2, -0.15) is 0 Å². The van der Waals surface area contributed by atoms with E-state index in [9.17, 15) is 9.59 Å². The van der Waals surface area contributed by atoms with Gasteiger partial charge in [-0.05, 0) is 30.7 Å². The largest absolute Gasteiger partial charge is 0.483 e. The molecule has 1 fully saturated rings. The van der Waals surface area contributed by atoms with Crippen LogP contribution < -0.4 is 15.4 Å². The summed E-state index contributed by atoms with van der Waals surface area (Å²) in [6, 6.07) is 14.7. The van der Waals surface area contributed by atoms with E-state index in [2.05, 4.69) is 0 Å². The average molecular weight is 384 g/mol. The van der Waals surface area contributed by atoms with E-state index in [1.54, 1.807) is 24.3 Å². The second kappa shape index (κ2) is 7.72. The number of thioether (sulfide) groups is 1. The van der Waals surface area contributed by atoms with E-state index >= 15 is 0 Å². The lowest BCUT2D eigenvalue weighted by atomic mass is 10.1. The molecule has 2 N–H and O–H groups in total. The van der Waals surface area contributed by atoms with Crippen molar-refractivity contribution in [1.82, 2.24) is 0 Å². The second-order valence-corrected chi connectivity index (χ2v) is 7.27. The molecule has 0 radical (unpaired) electrons. The van der Waals surface area contributed by atoms with Crippen molar-refractivity contribution >= 4 is 51.9 Å². The van der Waals surface area contributed by atoms with E-state index in [1.807, 2.05) is 37.3 Å². The Morgan fingerprint density at radius 1 is 1.23 bits per heavy atom. The van der Waals surface area contributed by atoms with E-state index in [1.165, 1.54) is 16.7 Å². The zero-order chi connectivity index (χ0) is 18.7. The predicted octanol–water partition coefficient (Wildman–Crippen LogP) is 3.26. The minimum absolute atomic E-state index is 0.181. The number of rotatable bonds is 5. The summed E-state index contributed by atoms with van der Waals surface area (Å²) in [6.45, 7) is 1.71. The quantitative estimate of drug-likeness (QED) is 0.633. The summed E-state index contributed by atoms with van der Waals surface area (Å²) in [6.07, 6.45) is 1.72. The minimum Gasteiger partial charge on any atom is -0.483 e. The van der Waals surface area contributed by atoms with Crippen molar-refractivity contribution < 1.29 is 14.3 Å². The fourth-order valence-corrected chi connectivity index (χ4v) is 3.79. The molecule has 0 aromatic heterocycles. The van der Waals surface area contributed by atoms with Crippen molar-refractivity contribution in [2.45, 2.75) is 6.92 Å². The molecule has 0 bridgehead atoms. The molecule has 2 aromatic rings. The first kappa shape index (κ1) is 18.2. The summed E-state index contributed by atoms with van der Waals surface area (Å²) in [4.78, 5) is 25.9. The van der Waals surface area contributed by atoms with Crippen molar-refractivity contribution in [3.8, 4) is 5.75 Å². The molecule has 3 rings (SSSR count). The normalized spacial score (nSPS) is 15.6. The predicted molar refractivity (Wildman–Crippen MR) is 108 cm³/mol. The number of carbonyl (C=O) groups is 2. The van der Waals surface area contributed by atoms with Crippen molar-refractivity contribution in [3.05, 3.63) is 64.6 Å². The topological polar surface area (TPSA) is 72.6 Å². The molecule has 1 heterocycles. The average Bonchev–Trinajstić information content (AvgIpc) is 2.88. The molecule has 26 heavy (non-hydrogen) atoms. The third-order valence-corrected chi connectivity index (χ3v) is 5.03. The summed E-state index contributed by atoms with van der Waals surface area (Å²) in [5.41, 5.74) is 7.55. The number of amides is 2. The number of hydrogen-bond donors (Lipinski definition) is 1. The maximum absolute atomic E-state index is 12.9. The maximum Gasteiger partial charge on any atom is 0.270 e. The zero-order valence-electron chi connectivity index (χ0n) is 14.0. The van der Waals surface area contributed by atoms with Gasteiger partial charge < -0.3 is 10.5 Å². The number of nitrogens with zero attached hydrogens (tertiary/aromatic N) is 1. The highest BCUT2D eigenvalue weighted by atomic mass is 32.2. The third-order valence-electron chi connectivity index (χ3n) is 3.73. The molecule has 0 aliphatic carbocycles. The van der Waals surface area contributed by atoms with Crippen LogP contribution in [0.2, 0.25) is 0 Å². The van der Waals surface area contributed by atoms with Crippen LogP contribution in [0.4, 0.5) is 5.69 Å². The van der Waals surface area contributed by atoms with Gasteiger partial charge in [0.05, 0.1) is 10.6 Å². The second-order valence-electron chi connectivity index (χ2n) is 5.60. The van der Waals surface area contributed by atoms with Gasteiger partial charge in [-0.3, -0.25) is 14.5 Å². The fraction of sp³-hybridized carbons (Fsp3) is 0.105. The minimum atomic E-state index is -0.564. The molecule has 0 unspecified atom stereocenters. The van der Waals surface area contributed by atoms with E-state index in [-0.39, 0.29) is 12.5 Å². The summed E-state index contributed by atoms with van der Waals surface area (Å²) >= 11 is 6.64. The standard InChI is InChI=1S/C19H16N2O3S2/c1-12-6-2-4-8-14(12)21-18(23)16(26-19(21)25)10-13-7-3-5-9-15(13)24-11-17(20)22/h2-10H,11H2,1H3,(H2,20,22)/b16-10+. The molecule has 0 atom stereocenters. The fourth-order valence-electron chi connectivity index (χ4n) is 2.51. The molecule has 5 nitrogen and oxygen atoms in total. The first-order valence-electron chi connectivity index (χ1n) is 7.81. The molecule has 1 saturated heterocycles. The van der Waals surface area contributed by atoms with Crippen molar-refractivity contribution in [1.29, 1.82) is 0 Å². The van der Waals surface area contributed by atoms with Crippen molar-refractivity contribution in [2.24, 2.45) is 5.73 Å². The Balaban J connectivity index is 1.92. The van der Waals surface area contributed by atoms with Crippen molar-refractivity contribution in [2.75, 3.05) is 11.5 Å². The van der Waals surface area contributed by atoms with Crippen LogP contribution >= 0.6 is 24.0 Å². The van der Waals surface area contributed by atoms with Gasteiger partial charge in [-0.25, -0.2) is 0 Å². The number of nitrogens with two attached hydrogens (primary N) is 1. The van der Waals surface area contributed by atoms with Gasteiger partial charge in [0.1, 0.15) is 5.75 Å². The number of benzene rings is 2. The van der Waals surface area contributed by atoms with Crippen LogP contribution in [0.1, 0.15) is 11.1 Å². The SMILES string of the molecule is Cc1ccccc1N1C(=O)/C(=C\c2ccccc2OCC(N)=O)SC1=S. The molecule has 2 amide bonds. The highest BCUT2D eigenvalue weighted by Crippen LogP contribution is 2.38. The number of anilines is 1. The number of primary amides is 1. The van der Waals surface area contributed by atoms with E-state index in [4.69, 9.17) is 22.7 Å². The molecule has 132 valence electrons. The van der Waals surface area contributed by atoms with E-state index in [0.29, 0.717) is 20.5 Å². The molecule has 1 aliphatic rings. The van der Waals surface area contributed by atoms with Gasteiger partial charge in [-0.15, -0.1) is 0 Å². The Hall–Kier alpha value is -2.64. The number of para-hydroxylation sites is 2. The van der Waals surface area contributed by atoms with Gasteiger partial charge in [-0.1, -0.05) is 60.4 Å². The van der Waals surface area contributed by atoms with Crippen LogP contribution in [-0.4, -0.2) is 22.7 Å². The Morgan fingerprint density at radius 3 is 2.65 bits per heavy atom. The maximum atomic E-state index is 12.9. The lowest BCUT2D eigenvalue weighted by Gasteiger charge is -2.16. The van der Waals surface area contributed by atoms with Gasteiger partial charge >= 0.3 is 0 Å². The smallest absolute Gasteiger partial charge is 0.270 e. The van der Waals surface area contributed by atoms with Crippen LogP contribution in [0.25, 0.3) is 6.08 Å².